The van der Waals surface area contributed by atoms with E-state index in [1.807, 2.05) is 6.07 Å². The monoisotopic (exact) mass is 359 g/mol. The third kappa shape index (κ3) is 5.93. The van der Waals surface area contributed by atoms with Crippen LogP contribution in [0.1, 0.15) is 10.4 Å². The fourth-order valence-corrected chi connectivity index (χ4v) is 2.19. The molecule has 2 N–H and O–H groups in total. The molecule has 2 aromatic carbocycles. The largest absolute Gasteiger partial charge is 0.345 e. The van der Waals surface area contributed by atoms with E-state index in [2.05, 4.69) is 10.6 Å². The molecule has 0 fully saturated rings. The molecule has 0 bridgehead atoms. The second-order valence-electron chi connectivity index (χ2n) is 5.36. The summed E-state index contributed by atoms with van der Waals surface area (Å²) in [4.78, 5) is 37.1. The standard InChI is InChI=1S/C18H18ClN3O3/c1-22(18(25)13-5-3-2-4-6-13)12-17(24)20-11-16(23)21-15-9-7-14(19)8-10-15/h2-10H,11-12H2,1H3,(H,20,24)(H,21,23). The Hall–Kier alpha value is -2.86. The van der Waals surface area contributed by atoms with E-state index < -0.39 is 5.91 Å². The second kappa shape index (κ2) is 8.84. The predicted molar refractivity (Wildman–Crippen MR) is 96.5 cm³/mol. The number of hydrogen-bond acceptors (Lipinski definition) is 3. The highest BCUT2D eigenvalue weighted by atomic mass is 35.5. The minimum Gasteiger partial charge on any atom is -0.345 e. The number of halogens is 1. The first kappa shape index (κ1) is 18.5. The van der Waals surface area contributed by atoms with Gasteiger partial charge in [-0.3, -0.25) is 14.4 Å². The van der Waals surface area contributed by atoms with Crippen LogP contribution in [0.3, 0.4) is 0 Å². The number of anilines is 1. The number of hydrogen-bond donors (Lipinski definition) is 2. The summed E-state index contributed by atoms with van der Waals surface area (Å²) >= 11 is 5.77. The lowest BCUT2D eigenvalue weighted by Gasteiger charge is -2.16. The van der Waals surface area contributed by atoms with Crippen molar-refractivity contribution < 1.29 is 14.4 Å². The van der Waals surface area contributed by atoms with Crippen molar-refractivity contribution in [3.8, 4) is 0 Å². The van der Waals surface area contributed by atoms with Gasteiger partial charge >= 0.3 is 0 Å². The summed E-state index contributed by atoms with van der Waals surface area (Å²) < 4.78 is 0. The summed E-state index contributed by atoms with van der Waals surface area (Å²) in [7, 11) is 1.53. The average Bonchev–Trinajstić information content (AvgIpc) is 2.62. The van der Waals surface area contributed by atoms with E-state index in [1.54, 1.807) is 48.5 Å². The highest BCUT2D eigenvalue weighted by Gasteiger charge is 2.15. The zero-order valence-corrected chi connectivity index (χ0v) is 14.4. The Morgan fingerprint density at radius 3 is 2.24 bits per heavy atom. The van der Waals surface area contributed by atoms with Gasteiger partial charge in [-0.25, -0.2) is 0 Å². The number of nitrogens with zero attached hydrogens (tertiary/aromatic N) is 1. The van der Waals surface area contributed by atoms with E-state index in [0.717, 1.165) is 0 Å². The predicted octanol–water partition coefficient (Wildman–Crippen LogP) is 2.17. The molecule has 130 valence electrons. The fourth-order valence-electron chi connectivity index (χ4n) is 2.06. The minimum atomic E-state index is -0.418. The Bertz CT molecular complexity index is 748. The van der Waals surface area contributed by atoms with Gasteiger partial charge in [-0.15, -0.1) is 0 Å². The number of benzene rings is 2. The average molecular weight is 360 g/mol. The molecule has 0 aliphatic rings. The van der Waals surface area contributed by atoms with Gasteiger partial charge in [0.25, 0.3) is 5.91 Å². The molecule has 0 spiro atoms. The van der Waals surface area contributed by atoms with Crippen molar-refractivity contribution in [2.75, 3.05) is 25.5 Å². The first-order valence-corrected chi connectivity index (χ1v) is 7.96. The summed E-state index contributed by atoms with van der Waals surface area (Å²) in [6, 6.07) is 15.3. The Morgan fingerprint density at radius 1 is 0.960 bits per heavy atom. The molecule has 2 rings (SSSR count). The third-order valence-corrected chi connectivity index (χ3v) is 3.57. The van der Waals surface area contributed by atoms with Gasteiger partial charge in [-0.05, 0) is 36.4 Å². The number of carbonyl (C=O) groups is 3. The van der Waals surface area contributed by atoms with Crippen molar-refractivity contribution in [3.05, 3.63) is 65.2 Å². The van der Waals surface area contributed by atoms with Crippen LogP contribution in [0.2, 0.25) is 5.02 Å². The van der Waals surface area contributed by atoms with Crippen LogP contribution in [0.5, 0.6) is 0 Å². The molecule has 0 saturated carbocycles. The van der Waals surface area contributed by atoms with Crippen molar-refractivity contribution in [2.45, 2.75) is 0 Å². The van der Waals surface area contributed by atoms with Gasteiger partial charge in [0.1, 0.15) is 0 Å². The normalized spacial score (nSPS) is 10.0. The van der Waals surface area contributed by atoms with Crippen LogP contribution in [0.4, 0.5) is 5.69 Å². The van der Waals surface area contributed by atoms with Crippen LogP contribution in [0.15, 0.2) is 54.6 Å². The van der Waals surface area contributed by atoms with Gasteiger partial charge < -0.3 is 15.5 Å². The molecule has 0 aromatic heterocycles. The van der Waals surface area contributed by atoms with Crippen LogP contribution in [-0.2, 0) is 9.59 Å². The van der Waals surface area contributed by atoms with Crippen LogP contribution >= 0.6 is 11.6 Å². The maximum atomic E-state index is 12.1. The molecule has 0 aliphatic carbocycles. The van der Waals surface area contributed by atoms with Crippen molar-refractivity contribution in [3.63, 3.8) is 0 Å². The van der Waals surface area contributed by atoms with E-state index in [1.165, 1.54) is 11.9 Å². The molecule has 0 radical (unpaired) electrons. The van der Waals surface area contributed by atoms with Crippen molar-refractivity contribution in [1.82, 2.24) is 10.2 Å². The molecule has 0 aliphatic heterocycles. The molecule has 2 aromatic rings. The molecule has 6 nitrogen and oxygen atoms in total. The van der Waals surface area contributed by atoms with Gasteiger partial charge in [0.05, 0.1) is 13.1 Å². The van der Waals surface area contributed by atoms with Crippen LogP contribution < -0.4 is 10.6 Å². The highest BCUT2D eigenvalue weighted by Crippen LogP contribution is 2.13. The lowest BCUT2D eigenvalue weighted by Crippen LogP contribution is -2.41. The zero-order valence-electron chi connectivity index (χ0n) is 13.7. The van der Waals surface area contributed by atoms with Crippen molar-refractivity contribution >= 4 is 35.0 Å². The minimum absolute atomic E-state index is 0.137. The van der Waals surface area contributed by atoms with Crippen LogP contribution in [0.25, 0.3) is 0 Å². The van der Waals surface area contributed by atoms with Gasteiger partial charge in [-0.1, -0.05) is 29.8 Å². The topological polar surface area (TPSA) is 78.5 Å². The summed E-state index contributed by atoms with van der Waals surface area (Å²) in [6.07, 6.45) is 0. The second-order valence-corrected chi connectivity index (χ2v) is 5.80. The first-order valence-electron chi connectivity index (χ1n) is 7.58. The molecule has 0 saturated heterocycles. The molecule has 7 heteroatoms. The Labute approximate surface area is 150 Å². The Morgan fingerprint density at radius 2 is 1.60 bits per heavy atom. The molecular formula is C18H18ClN3O3. The molecule has 0 unspecified atom stereocenters. The van der Waals surface area contributed by atoms with Crippen molar-refractivity contribution in [2.24, 2.45) is 0 Å². The SMILES string of the molecule is CN(CC(=O)NCC(=O)Nc1ccc(Cl)cc1)C(=O)c1ccccc1. The number of amides is 3. The van der Waals surface area contributed by atoms with Gasteiger partial charge in [0.15, 0.2) is 0 Å². The lowest BCUT2D eigenvalue weighted by molar-refractivity contribution is -0.124. The maximum Gasteiger partial charge on any atom is 0.254 e. The maximum absolute atomic E-state index is 12.1. The Balaban J connectivity index is 1.77. The molecule has 0 atom stereocenters. The van der Waals surface area contributed by atoms with E-state index in [0.29, 0.717) is 16.3 Å². The van der Waals surface area contributed by atoms with Crippen molar-refractivity contribution in [1.29, 1.82) is 0 Å². The van der Waals surface area contributed by atoms with E-state index in [4.69, 9.17) is 11.6 Å². The Kier molecular flexibility index (Phi) is 6.54. The zero-order chi connectivity index (χ0) is 18.2. The quantitative estimate of drug-likeness (QED) is 0.829. The lowest BCUT2D eigenvalue weighted by atomic mass is 10.2. The summed E-state index contributed by atoms with van der Waals surface area (Å²) in [6.45, 7) is -0.323. The number of carbonyl (C=O) groups excluding carboxylic acids is 3. The van der Waals surface area contributed by atoms with Crippen LogP contribution in [0, 0.1) is 0 Å². The van der Waals surface area contributed by atoms with E-state index in [-0.39, 0.29) is 24.9 Å². The summed E-state index contributed by atoms with van der Waals surface area (Å²) in [5.74, 6) is -1.05. The molecular weight excluding hydrogens is 342 g/mol. The number of likely N-dealkylation sites (N-methyl/N-ethyl adjacent to an activating group) is 1. The summed E-state index contributed by atoms with van der Waals surface area (Å²) in [5.41, 5.74) is 1.08. The fraction of sp³-hybridized carbons (Fsp3) is 0.167. The highest BCUT2D eigenvalue weighted by molar-refractivity contribution is 6.30. The van der Waals surface area contributed by atoms with Gasteiger partial charge in [0.2, 0.25) is 11.8 Å². The smallest absolute Gasteiger partial charge is 0.254 e. The molecule has 0 heterocycles. The molecule has 3 amide bonds. The number of nitrogens with one attached hydrogen (secondary N) is 2. The van der Waals surface area contributed by atoms with Crippen LogP contribution in [-0.4, -0.2) is 42.8 Å². The number of rotatable bonds is 6. The van der Waals surface area contributed by atoms with E-state index in [9.17, 15) is 14.4 Å². The van der Waals surface area contributed by atoms with Gasteiger partial charge in [-0.2, -0.15) is 0 Å². The van der Waals surface area contributed by atoms with Gasteiger partial charge in [0, 0.05) is 23.3 Å². The first-order chi connectivity index (χ1) is 12.0. The molecule has 25 heavy (non-hydrogen) atoms. The summed E-state index contributed by atoms with van der Waals surface area (Å²) in [5, 5.41) is 5.68. The third-order valence-electron chi connectivity index (χ3n) is 3.32. The van der Waals surface area contributed by atoms with E-state index >= 15 is 0 Å².